The summed E-state index contributed by atoms with van der Waals surface area (Å²) < 4.78 is 6.22. The molecule has 0 atom stereocenters. The van der Waals surface area contributed by atoms with E-state index in [1.807, 2.05) is 103 Å². The van der Waals surface area contributed by atoms with Crippen LogP contribution in [0.3, 0.4) is 0 Å². The zero-order valence-corrected chi connectivity index (χ0v) is 24.7. The fourth-order valence-electron chi connectivity index (χ4n) is 4.57. The van der Waals surface area contributed by atoms with Gasteiger partial charge >= 0.3 is 0 Å². The summed E-state index contributed by atoms with van der Waals surface area (Å²) in [7, 11) is 0. The number of aryl methyl sites for hydroxylation is 1. The molecule has 1 radical (unpaired) electrons. The molecule has 201 valence electrons. The summed E-state index contributed by atoms with van der Waals surface area (Å²) in [4.78, 5) is 12.7. The Bertz CT molecular complexity index is 1800. The summed E-state index contributed by atoms with van der Waals surface area (Å²) in [6.45, 7) is 2.11. The van der Waals surface area contributed by atoms with Crippen LogP contribution in [0.15, 0.2) is 138 Å². The van der Waals surface area contributed by atoms with Gasteiger partial charge in [-0.3, -0.25) is 4.98 Å². The van der Waals surface area contributed by atoms with Crippen molar-refractivity contribution in [1.82, 2.24) is 15.0 Å². The third kappa shape index (κ3) is 6.38. The molecule has 0 amide bonds. The van der Waals surface area contributed by atoms with Gasteiger partial charge in [0.05, 0.1) is 0 Å². The molecule has 5 heteroatoms. The summed E-state index contributed by atoms with van der Waals surface area (Å²) in [5.41, 5.74) is 9.21. The minimum Gasteiger partial charge on any atom is -0.457 e. The molecule has 0 unspecified atom stereocenters. The van der Waals surface area contributed by atoms with Crippen LogP contribution in [0.5, 0.6) is 0 Å². The second kappa shape index (κ2) is 13.1. The van der Waals surface area contributed by atoms with Crippen molar-refractivity contribution in [2.24, 2.45) is 0 Å². The second-order valence-corrected chi connectivity index (χ2v) is 9.20. The number of nitrogens with zero attached hydrogens (tertiary/aromatic N) is 3. The molecule has 4 heterocycles. The van der Waals surface area contributed by atoms with E-state index < -0.39 is 0 Å². The summed E-state index contributed by atoms with van der Waals surface area (Å²) >= 11 is 0. The predicted molar refractivity (Wildman–Crippen MR) is 160 cm³/mol. The summed E-state index contributed by atoms with van der Waals surface area (Å²) in [5, 5.41) is 1.12. The number of rotatable bonds is 4. The average Bonchev–Trinajstić information content (AvgIpc) is 3.38. The van der Waals surface area contributed by atoms with Crippen molar-refractivity contribution in [3.05, 3.63) is 152 Å². The Morgan fingerprint density at radius 2 is 1.29 bits per heavy atom. The van der Waals surface area contributed by atoms with E-state index in [9.17, 15) is 0 Å². The smallest absolute Gasteiger partial charge is 0.135 e. The minimum absolute atomic E-state index is 0. The van der Waals surface area contributed by atoms with Crippen molar-refractivity contribution < 1.29 is 24.5 Å². The molecule has 7 aromatic rings. The van der Waals surface area contributed by atoms with Crippen LogP contribution >= 0.6 is 0 Å². The molecule has 0 aliphatic heterocycles. The zero-order valence-electron chi connectivity index (χ0n) is 22.3. The molecular formula is C36H25IrN3O-2. The van der Waals surface area contributed by atoms with E-state index >= 15 is 0 Å². The van der Waals surface area contributed by atoms with E-state index in [2.05, 4.69) is 52.2 Å². The van der Waals surface area contributed by atoms with Crippen molar-refractivity contribution in [2.45, 2.75) is 6.92 Å². The molecule has 0 aliphatic carbocycles. The fourth-order valence-corrected chi connectivity index (χ4v) is 4.57. The van der Waals surface area contributed by atoms with Gasteiger partial charge in [-0.25, -0.2) is 0 Å². The molecular weight excluding hydrogens is 683 g/mol. The van der Waals surface area contributed by atoms with E-state index in [-0.39, 0.29) is 20.1 Å². The number of hydrogen-bond acceptors (Lipinski definition) is 4. The molecule has 0 spiro atoms. The van der Waals surface area contributed by atoms with Crippen LogP contribution in [0.2, 0.25) is 0 Å². The first-order chi connectivity index (χ1) is 19.8. The van der Waals surface area contributed by atoms with Gasteiger partial charge in [-0.15, -0.1) is 65.7 Å². The first kappa shape index (κ1) is 27.9. The van der Waals surface area contributed by atoms with Crippen molar-refractivity contribution in [3.63, 3.8) is 0 Å². The number of aromatic nitrogens is 3. The Balaban J connectivity index is 0.000000218. The van der Waals surface area contributed by atoms with E-state index in [1.54, 1.807) is 12.4 Å². The number of hydrogen-bond donors (Lipinski definition) is 0. The van der Waals surface area contributed by atoms with Gasteiger partial charge in [0.1, 0.15) is 11.3 Å². The molecule has 0 aliphatic rings. The number of benzene rings is 3. The first-order valence-corrected chi connectivity index (χ1v) is 13.0. The molecule has 7 rings (SSSR count). The van der Waals surface area contributed by atoms with Crippen LogP contribution in [-0.2, 0) is 20.1 Å². The Kier molecular flexibility index (Phi) is 8.90. The molecule has 0 saturated heterocycles. The SMILES string of the molecule is Cc1c(-c2cc[c-]c(-c3ccccn3)c2)oc2ccc(-c3ccncc3)cc12.[Ir].[c-]1ccccc1-c1ccccn1. The zero-order chi connectivity index (χ0) is 27.1. The number of pyridine rings is 3. The topological polar surface area (TPSA) is 51.8 Å². The van der Waals surface area contributed by atoms with E-state index in [1.165, 1.54) is 0 Å². The molecule has 0 bridgehead atoms. The standard InChI is InChI=1S/C25H17N2O.C11H8N.Ir/c1-17-22-16-19(18-10-13-26-14-11-18)8-9-24(22)28-25(17)21-6-4-5-20(15-21)23-7-2-3-12-27-23;1-2-6-10(7-3-1)11-8-4-5-9-12-11;/h2-4,6-16H,1H3;1-6,8-9H;/q2*-1;. The predicted octanol–water partition coefficient (Wildman–Crippen LogP) is 8.88. The van der Waals surface area contributed by atoms with Gasteiger partial charge in [0.15, 0.2) is 0 Å². The molecule has 4 nitrogen and oxygen atoms in total. The Morgan fingerprint density at radius 3 is 1.98 bits per heavy atom. The van der Waals surface area contributed by atoms with Gasteiger partial charge in [-0.1, -0.05) is 35.9 Å². The van der Waals surface area contributed by atoms with Gasteiger partial charge in [-0.2, -0.15) is 0 Å². The second-order valence-electron chi connectivity index (χ2n) is 9.20. The third-order valence-electron chi connectivity index (χ3n) is 6.60. The Morgan fingerprint density at radius 1 is 0.585 bits per heavy atom. The van der Waals surface area contributed by atoms with Crippen LogP contribution in [0.1, 0.15) is 5.56 Å². The van der Waals surface area contributed by atoms with Crippen molar-refractivity contribution in [3.8, 4) is 45.0 Å². The van der Waals surface area contributed by atoms with Crippen LogP contribution < -0.4 is 0 Å². The summed E-state index contributed by atoms with van der Waals surface area (Å²) in [6.07, 6.45) is 7.21. The van der Waals surface area contributed by atoms with Crippen molar-refractivity contribution in [1.29, 1.82) is 0 Å². The molecule has 0 fully saturated rings. The molecule has 0 N–H and O–H groups in total. The maximum atomic E-state index is 6.22. The maximum absolute atomic E-state index is 6.22. The van der Waals surface area contributed by atoms with E-state index in [0.717, 1.165) is 61.5 Å². The van der Waals surface area contributed by atoms with Crippen molar-refractivity contribution >= 4 is 11.0 Å². The number of fused-ring (bicyclic) bond motifs is 1. The molecule has 41 heavy (non-hydrogen) atoms. The van der Waals surface area contributed by atoms with Gasteiger partial charge < -0.3 is 14.4 Å². The van der Waals surface area contributed by atoms with Crippen LogP contribution in [-0.4, -0.2) is 15.0 Å². The van der Waals surface area contributed by atoms with Crippen LogP contribution in [0.25, 0.3) is 55.9 Å². The maximum Gasteiger partial charge on any atom is 0.135 e. The quantitative estimate of drug-likeness (QED) is 0.172. The monoisotopic (exact) mass is 708 g/mol. The van der Waals surface area contributed by atoms with Gasteiger partial charge in [0.25, 0.3) is 0 Å². The average molecular weight is 708 g/mol. The summed E-state index contributed by atoms with van der Waals surface area (Å²) in [6, 6.07) is 42.3. The van der Waals surface area contributed by atoms with Crippen molar-refractivity contribution in [2.75, 3.05) is 0 Å². The van der Waals surface area contributed by atoms with Crippen LogP contribution in [0, 0.1) is 19.1 Å². The first-order valence-electron chi connectivity index (χ1n) is 13.0. The van der Waals surface area contributed by atoms with Crippen LogP contribution in [0.4, 0.5) is 0 Å². The minimum atomic E-state index is 0. The molecule has 0 saturated carbocycles. The molecule has 3 aromatic carbocycles. The fraction of sp³-hybridized carbons (Fsp3) is 0.0278. The summed E-state index contributed by atoms with van der Waals surface area (Å²) in [5.74, 6) is 0.882. The van der Waals surface area contributed by atoms with Gasteiger partial charge in [0.2, 0.25) is 0 Å². The van der Waals surface area contributed by atoms with E-state index in [0.29, 0.717) is 0 Å². The Hall–Kier alpha value is -4.70. The van der Waals surface area contributed by atoms with E-state index in [4.69, 9.17) is 4.42 Å². The largest absolute Gasteiger partial charge is 0.457 e. The van der Waals surface area contributed by atoms with Gasteiger partial charge in [-0.05, 0) is 65.8 Å². The normalized spacial score (nSPS) is 10.4. The molecule has 4 aromatic heterocycles. The number of furan rings is 1. The third-order valence-corrected chi connectivity index (χ3v) is 6.60. The Labute approximate surface area is 253 Å². The van der Waals surface area contributed by atoms with Gasteiger partial charge in [0, 0.05) is 55.8 Å².